The van der Waals surface area contributed by atoms with Gasteiger partial charge in [-0.2, -0.15) is 0 Å². The lowest BCUT2D eigenvalue weighted by atomic mass is 10.1. The van der Waals surface area contributed by atoms with Crippen molar-refractivity contribution in [1.29, 1.82) is 0 Å². The number of carbonyl (C=O) groups is 1. The molecular weight excluding hydrogens is 224 g/mol. The minimum absolute atomic E-state index is 0.117. The first kappa shape index (κ1) is 12.7. The molecule has 1 aromatic carbocycles. The van der Waals surface area contributed by atoms with Gasteiger partial charge in [0.1, 0.15) is 0 Å². The molecule has 2 amide bonds. The van der Waals surface area contributed by atoms with E-state index in [1.54, 1.807) is 4.90 Å². The van der Waals surface area contributed by atoms with E-state index in [0.29, 0.717) is 6.54 Å². The van der Waals surface area contributed by atoms with Crippen molar-refractivity contribution < 1.29 is 4.79 Å². The van der Waals surface area contributed by atoms with Crippen molar-refractivity contribution in [2.75, 3.05) is 20.1 Å². The monoisotopic (exact) mass is 244 g/mol. The van der Waals surface area contributed by atoms with E-state index in [4.69, 9.17) is 0 Å². The highest BCUT2D eigenvalue weighted by Crippen LogP contribution is 2.15. The summed E-state index contributed by atoms with van der Waals surface area (Å²) in [5.41, 5.74) is 2.42. The molecule has 1 aliphatic rings. The Morgan fingerprint density at radius 1 is 1.28 bits per heavy atom. The van der Waals surface area contributed by atoms with E-state index < -0.39 is 0 Å². The molecule has 1 aromatic rings. The number of carbonyl (C=O) groups excluding carboxylic acids is 1. The molecule has 1 aliphatic heterocycles. The zero-order chi connectivity index (χ0) is 13.0. The summed E-state index contributed by atoms with van der Waals surface area (Å²) >= 11 is 0. The van der Waals surface area contributed by atoms with E-state index in [0.717, 1.165) is 31.5 Å². The quantitative estimate of drug-likeness (QED) is 0.734. The second-order valence-electron chi connectivity index (χ2n) is 4.86. The minimum Gasteiger partial charge on any atom is -0.324 e. The van der Waals surface area contributed by atoms with Gasteiger partial charge < -0.3 is 9.80 Å². The van der Waals surface area contributed by atoms with Crippen molar-refractivity contribution in [2.45, 2.75) is 19.4 Å². The number of benzene rings is 1. The van der Waals surface area contributed by atoms with Crippen molar-refractivity contribution in [3.05, 3.63) is 48.0 Å². The van der Waals surface area contributed by atoms with Crippen LogP contribution in [0.15, 0.2) is 42.5 Å². The Labute approximate surface area is 109 Å². The third-order valence-electron chi connectivity index (χ3n) is 3.33. The zero-order valence-corrected chi connectivity index (χ0v) is 10.9. The number of urea groups is 1. The van der Waals surface area contributed by atoms with Crippen molar-refractivity contribution in [3.63, 3.8) is 0 Å². The van der Waals surface area contributed by atoms with Gasteiger partial charge in [0.05, 0.1) is 0 Å². The van der Waals surface area contributed by atoms with Crippen molar-refractivity contribution in [2.24, 2.45) is 0 Å². The number of nitrogens with zero attached hydrogens (tertiary/aromatic N) is 2. The molecule has 0 aromatic heterocycles. The topological polar surface area (TPSA) is 23.6 Å². The highest BCUT2D eigenvalue weighted by molar-refractivity contribution is 5.74. The molecule has 96 valence electrons. The van der Waals surface area contributed by atoms with Gasteiger partial charge in [-0.3, -0.25) is 0 Å². The summed E-state index contributed by atoms with van der Waals surface area (Å²) in [6.07, 6.45) is 1.87. The van der Waals surface area contributed by atoms with Gasteiger partial charge in [-0.05, 0) is 18.4 Å². The van der Waals surface area contributed by atoms with Crippen LogP contribution in [-0.4, -0.2) is 36.0 Å². The molecule has 0 spiro atoms. The lowest BCUT2D eigenvalue weighted by Crippen LogP contribution is -2.43. The predicted octanol–water partition coefficient (Wildman–Crippen LogP) is 2.89. The van der Waals surface area contributed by atoms with Crippen LogP contribution >= 0.6 is 0 Å². The molecule has 3 heteroatoms. The smallest absolute Gasteiger partial charge is 0.320 e. The summed E-state index contributed by atoms with van der Waals surface area (Å²) in [7, 11) is 1.86. The highest BCUT2D eigenvalue weighted by Gasteiger charge is 2.21. The van der Waals surface area contributed by atoms with E-state index in [1.165, 1.54) is 5.57 Å². The number of likely N-dealkylation sites (tertiary alicyclic amines) is 1. The summed E-state index contributed by atoms with van der Waals surface area (Å²) in [6, 6.07) is 10.2. The highest BCUT2D eigenvalue weighted by atomic mass is 16.2. The lowest BCUT2D eigenvalue weighted by Gasteiger charge is -2.32. The van der Waals surface area contributed by atoms with Crippen LogP contribution in [0, 0.1) is 0 Å². The minimum atomic E-state index is 0.117. The maximum Gasteiger partial charge on any atom is 0.320 e. The zero-order valence-electron chi connectivity index (χ0n) is 10.9. The van der Waals surface area contributed by atoms with E-state index in [2.05, 4.69) is 6.58 Å². The van der Waals surface area contributed by atoms with E-state index in [-0.39, 0.29) is 6.03 Å². The average Bonchev–Trinajstić information content (AvgIpc) is 2.40. The molecular formula is C15H20N2O. The van der Waals surface area contributed by atoms with Gasteiger partial charge in [-0.1, -0.05) is 42.5 Å². The molecule has 1 heterocycles. The van der Waals surface area contributed by atoms with E-state index in [1.807, 2.05) is 42.3 Å². The molecule has 0 saturated carbocycles. The number of hydrogen-bond donors (Lipinski definition) is 0. The summed E-state index contributed by atoms with van der Waals surface area (Å²) in [5, 5.41) is 0. The van der Waals surface area contributed by atoms with Crippen molar-refractivity contribution >= 4 is 6.03 Å². The Bertz CT molecular complexity index is 417. The third kappa shape index (κ3) is 3.13. The Kier molecular flexibility index (Phi) is 4.03. The Morgan fingerprint density at radius 3 is 2.50 bits per heavy atom. The third-order valence-corrected chi connectivity index (χ3v) is 3.33. The average molecular weight is 244 g/mol. The maximum absolute atomic E-state index is 12.2. The van der Waals surface area contributed by atoms with Gasteiger partial charge in [-0.15, -0.1) is 0 Å². The van der Waals surface area contributed by atoms with E-state index in [9.17, 15) is 4.79 Å². The summed E-state index contributed by atoms with van der Waals surface area (Å²) in [6.45, 7) is 6.24. The largest absolute Gasteiger partial charge is 0.324 e. The first-order chi connectivity index (χ1) is 8.66. The lowest BCUT2D eigenvalue weighted by molar-refractivity contribution is 0.157. The SMILES string of the molecule is C=C1CCN(C(=O)N(C)Cc2ccccc2)CC1. The number of hydrogen-bond acceptors (Lipinski definition) is 1. The molecule has 0 radical (unpaired) electrons. The molecule has 3 nitrogen and oxygen atoms in total. The van der Waals surface area contributed by atoms with Gasteiger partial charge >= 0.3 is 6.03 Å². The fraction of sp³-hybridized carbons (Fsp3) is 0.400. The van der Waals surface area contributed by atoms with Crippen molar-refractivity contribution in [3.8, 4) is 0 Å². The van der Waals surface area contributed by atoms with Gasteiger partial charge in [0.2, 0.25) is 0 Å². The van der Waals surface area contributed by atoms with Crippen LogP contribution in [0.4, 0.5) is 4.79 Å². The molecule has 0 bridgehead atoms. The second kappa shape index (κ2) is 5.71. The summed E-state index contributed by atoms with van der Waals surface area (Å²) < 4.78 is 0. The van der Waals surface area contributed by atoms with Gasteiger partial charge in [-0.25, -0.2) is 4.79 Å². The molecule has 0 atom stereocenters. The van der Waals surface area contributed by atoms with Crippen LogP contribution < -0.4 is 0 Å². The fourth-order valence-corrected chi connectivity index (χ4v) is 2.18. The van der Waals surface area contributed by atoms with Gasteiger partial charge in [0, 0.05) is 26.7 Å². The molecule has 1 saturated heterocycles. The number of amides is 2. The van der Waals surface area contributed by atoms with Crippen LogP contribution in [0.5, 0.6) is 0 Å². The normalized spacial score (nSPS) is 15.6. The summed E-state index contributed by atoms with van der Waals surface area (Å²) in [4.78, 5) is 15.9. The van der Waals surface area contributed by atoms with E-state index >= 15 is 0 Å². The fourth-order valence-electron chi connectivity index (χ4n) is 2.18. The van der Waals surface area contributed by atoms with Gasteiger partial charge in [0.15, 0.2) is 0 Å². The first-order valence-corrected chi connectivity index (χ1v) is 6.37. The molecule has 0 unspecified atom stereocenters. The molecule has 0 aliphatic carbocycles. The van der Waals surface area contributed by atoms with Crippen LogP contribution in [0.25, 0.3) is 0 Å². The standard InChI is InChI=1S/C15H20N2O/c1-13-8-10-17(11-9-13)15(18)16(2)12-14-6-4-3-5-7-14/h3-7H,1,8-12H2,2H3. The van der Waals surface area contributed by atoms with Crippen LogP contribution in [0.1, 0.15) is 18.4 Å². The Morgan fingerprint density at radius 2 is 1.89 bits per heavy atom. The summed E-state index contributed by atoms with van der Waals surface area (Å²) in [5.74, 6) is 0. The Balaban J connectivity index is 1.91. The second-order valence-corrected chi connectivity index (χ2v) is 4.86. The number of piperidine rings is 1. The molecule has 2 rings (SSSR count). The Hall–Kier alpha value is -1.77. The first-order valence-electron chi connectivity index (χ1n) is 6.37. The molecule has 0 N–H and O–H groups in total. The van der Waals surface area contributed by atoms with Crippen LogP contribution in [-0.2, 0) is 6.54 Å². The number of rotatable bonds is 2. The molecule has 18 heavy (non-hydrogen) atoms. The maximum atomic E-state index is 12.2. The molecule has 1 fully saturated rings. The predicted molar refractivity (Wildman–Crippen MR) is 73.3 cm³/mol. The van der Waals surface area contributed by atoms with Crippen LogP contribution in [0.2, 0.25) is 0 Å². The van der Waals surface area contributed by atoms with Gasteiger partial charge in [0.25, 0.3) is 0 Å². The van der Waals surface area contributed by atoms with Crippen LogP contribution in [0.3, 0.4) is 0 Å². The van der Waals surface area contributed by atoms with Crippen molar-refractivity contribution in [1.82, 2.24) is 9.80 Å².